The second-order valence-electron chi connectivity index (χ2n) is 4.14. The Morgan fingerprint density at radius 3 is 2.65 bits per heavy atom. The summed E-state index contributed by atoms with van der Waals surface area (Å²) in [6, 6.07) is 3.33. The molecule has 1 aromatic carbocycles. The summed E-state index contributed by atoms with van der Waals surface area (Å²) in [5.41, 5.74) is -1.02. The molecular weight excluding hydrogens is 313 g/mol. The van der Waals surface area contributed by atoms with Crippen molar-refractivity contribution in [2.45, 2.75) is 19.1 Å². The van der Waals surface area contributed by atoms with Crippen molar-refractivity contribution in [3.8, 4) is 0 Å². The monoisotopic (exact) mass is 326 g/mol. The molecule has 1 rings (SSSR count). The second kappa shape index (κ2) is 7.10. The Labute approximate surface area is 125 Å². The van der Waals surface area contributed by atoms with Gasteiger partial charge in [0.15, 0.2) is 5.11 Å². The lowest BCUT2D eigenvalue weighted by atomic mass is 10.1. The Morgan fingerprint density at radius 2 is 2.10 bits per heavy atom. The molecule has 0 saturated heterocycles. The molecule has 8 heteroatoms. The average Bonchev–Trinajstić information content (AvgIpc) is 2.30. The summed E-state index contributed by atoms with van der Waals surface area (Å²) in [5, 5.41) is 5.43. The highest BCUT2D eigenvalue weighted by atomic mass is 35.5. The van der Waals surface area contributed by atoms with Gasteiger partial charge in [-0.1, -0.05) is 11.6 Å². The highest BCUT2D eigenvalue weighted by Crippen LogP contribution is 2.36. The van der Waals surface area contributed by atoms with Gasteiger partial charge in [0.1, 0.15) is 0 Å². The number of halogens is 4. The third-order valence-electron chi connectivity index (χ3n) is 2.33. The standard InChI is InChI=1S/C12H14ClF3N2OS/c1-7(6-19-2)17-11(20)18-10-4-3-8(13)5-9(10)12(14,15)16/h3-5,7H,6H2,1-2H3,(H2,17,18,20). The van der Waals surface area contributed by atoms with Crippen molar-refractivity contribution in [3.63, 3.8) is 0 Å². The van der Waals surface area contributed by atoms with Crippen molar-refractivity contribution in [2.24, 2.45) is 0 Å². The van der Waals surface area contributed by atoms with Crippen LogP contribution in [-0.2, 0) is 10.9 Å². The van der Waals surface area contributed by atoms with E-state index in [1.807, 2.05) is 0 Å². The maximum atomic E-state index is 12.9. The van der Waals surface area contributed by atoms with E-state index in [1.54, 1.807) is 6.92 Å². The van der Waals surface area contributed by atoms with Gasteiger partial charge >= 0.3 is 6.18 Å². The van der Waals surface area contributed by atoms with Gasteiger partial charge in [-0.3, -0.25) is 0 Å². The Morgan fingerprint density at radius 1 is 1.45 bits per heavy atom. The van der Waals surface area contributed by atoms with Crippen molar-refractivity contribution in [2.75, 3.05) is 19.0 Å². The van der Waals surface area contributed by atoms with Crippen LogP contribution in [0.4, 0.5) is 18.9 Å². The van der Waals surface area contributed by atoms with Crippen molar-refractivity contribution >= 4 is 34.6 Å². The maximum absolute atomic E-state index is 12.9. The van der Waals surface area contributed by atoms with Crippen molar-refractivity contribution in [3.05, 3.63) is 28.8 Å². The molecule has 1 atom stereocenters. The van der Waals surface area contributed by atoms with Gasteiger partial charge in [-0.25, -0.2) is 0 Å². The van der Waals surface area contributed by atoms with E-state index in [0.717, 1.165) is 6.07 Å². The summed E-state index contributed by atoms with van der Waals surface area (Å²) in [7, 11) is 1.52. The quantitative estimate of drug-likeness (QED) is 0.827. The summed E-state index contributed by atoms with van der Waals surface area (Å²) in [5.74, 6) is 0. The Bertz CT molecular complexity index is 482. The number of anilines is 1. The lowest BCUT2D eigenvalue weighted by Gasteiger charge is -2.19. The number of hydrogen-bond donors (Lipinski definition) is 2. The predicted octanol–water partition coefficient (Wildman–Crippen LogP) is 3.68. The van der Waals surface area contributed by atoms with Crippen LogP contribution in [0.15, 0.2) is 18.2 Å². The lowest BCUT2D eigenvalue weighted by Crippen LogP contribution is -2.38. The molecule has 1 unspecified atom stereocenters. The molecule has 0 saturated carbocycles. The summed E-state index contributed by atoms with van der Waals surface area (Å²) < 4.78 is 43.5. The number of alkyl halides is 3. The molecule has 0 fully saturated rings. The molecule has 0 radical (unpaired) electrons. The Balaban J connectivity index is 2.85. The van der Waals surface area contributed by atoms with Crippen molar-refractivity contribution in [1.29, 1.82) is 0 Å². The molecule has 2 N–H and O–H groups in total. The number of ether oxygens (including phenoxy) is 1. The lowest BCUT2D eigenvalue weighted by molar-refractivity contribution is -0.136. The summed E-state index contributed by atoms with van der Waals surface area (Å²) in [6.45, 7) is 2.18. The van der Waals surface area contributed by atoms with Gasteiger partial charge < -0.3 is 15.4 Å². The number of nitrogens with one attached hydrogen (secondary N) is 2. The van der Waals surface area contributed by atoms with E-state index < -0.39 is 11.7 Å². The molecule has 0 amide bonds. The Hall–Kier alpha value is -1.05. The van der Waals surface area contributed by atoms with E-state index in [1.165, 1.54) is 19.2 Å². The number of methoxy groups -OCH3 is 1. The van der Waals surface area contributed by atoms with Crippen molar-refractivity contribution in [1.82, 2.24) is 5.32 Å². The van der Waals surface area contributed by atoms with Crippen LogP contribution in [0.2, 0.25) is 5.02 Å². The molecule has 3 nitrogen and oxygen atoms in total. The van der Waals surface area contributed by atoms with Gasteiger partial charge in [-0.05, 0) is 37.3 Å². The van der Waals surface area contributed by atoms with Crippen molar-refractivity contribution < 1.29 is 17.9 Å². The van der Waals surface area contributed by atoms with E-state index in [-0.39, 0.29) is 21.9 Å². The topological polar surface area (TPSA) is 33.3 Å². The van der Waals surface area contributed by atoms with Crippen LogP contribution in [0.3, 0.4) is 0 Å². The Kier molecular flexibility index (Phi) is 6.04. The SMILES string of the molecule is COCC(C)NC(=S)Nc1ccc(Cl)cc1C(F)(F)F. The molecule has 0 bridgehead atoms. The third-order valence-corrected chi connectivity index (χ3v) is 2.78. The average molecular weight is 327 g/mol. The number of benzene rings is 1. The molecule has 112 valence electrons. The van der Waals surface area contributed by atoms with Crippen LogP contribution >= 0.6 is 23.8 Å². The first-order chi connectivity index (χ1) is 9.24. The van der Waals surface area contributed by atoms with Crippen LogP contribution in [0.25, 0.3) is 0 Å². The molecule has 0 spiro atoms. The largest absolute Gasteiger partial charge is 0.418 e. The maximum Gasteiger partial charge on any atom is 0.418 e. The van der Waals surface area contributed by atoms with E-state index in [2.05, 4.69) is 10.6 Å². The highest BCUT2D eigenvalue weighted by Gasteiger charge is 2.34. The minimum absolute atomic E-state index is 0.00880. The summed E-state index contributed by atoms with van der Waals surface area (Å²) in [6.07, 6.45) is -4.51. The number of hydrogen-bond acceptors (Lipinski definition) is 2. The van der Waals surface area contributed by atoms with E-state index >= 15 is 0 Å². The second-order valence-corrected chi connectivity index (χ2v) is 4.99. The van der Waals surface area contributed by atoms with Gasteiger partial charge in [0.25, 0.3) is 0 Å². The van der Waals surface area contributed by atoms with Gasteiger partial charge in [0.2, 0.25) is 0 Å². The first-order valence-corrected chi connectivity index (χ1v) is 6.46. The van der Waals surface area contributed by atoms with E-state index in [9.17, 15) is 13.2 Å². The molecule has 1 aromatic rings. The smallest absolute Gasteiger partial charge is 0.383 e. The number of rotatable bonds is 4. The first kappa shape index (κ1) is 17.0. The fraction of sp³-hybridized carbons (Fsp3) is 0.417. The molecular formula is C12H14ClF3N2OS. The van der Waals surface area contributed by atoms with Crippen LogP contribution in [0.5, 0.6) is 0 Å². The van der Waals surface area contributed by atoms with E-state index in [0.29, 0.717) is 6.61 Å². The third kappa shape index (κ3) is 5.15. The molecule has 0 heterocycles. The van der Waals surface area contributed by atoms with Gasteiger partial charge in [0, 0.05) is 18.2 Å². The molecule has 0 aromatic heterocycles. The van der Waals surface area contributed by atoms with Gasteiger partial charge in [-0.2, -0.15) is 13.2 Å². The van der Waals surface area contributed by atoms with Crippen LogP contribution in [0.1, 0.15) is 12.5 Å². The highest BCUT2D eigenvalue weighted by molar-refractivity contribution is 7.80. The zero-order valence-corrected chi connectivity index (χ0v) is 12.4. The van der Waals surface area contributed by atoms with E-state index in [4.69, 9.17) is 28.6 Å². The first-order valence-electron chi connectivity index (χ1n) is 5.67. The van der Waals surface area contributed by atoms with Crippen LogP contribution in [0, 0.1) is 0 Å². The molecule has 20 heavy (non-hydrogen) atoms. The van der Waals surface area contributed by atoms with Gasteiger partial charge in [-0.15, -0.1) is 0 Å². The number of thiocarbonyl (C=S) groups is 1. The van der Waals surface area contributed by atoms with Crippen LogP contribution < -0.4 is 10.6 Å². The normalized spacial score (nSPS) is 12.9. The molecule has 0 aliphatic rings. The summed E-state index contributed by atoms with van der Waals surface area (Å²) in [4.78, 5) is 0. The minimum atomic E-state index is -4.51. The van der Waals surface area contributed by atoms with Crippen LogP contribution in [-0.4, -0.2) is 24.9 Å². The zero-order valence-electron chi connectivity index (χ0n) is 10.8. The minimum Gasteiger partial charge on any atom is -0.383 e. The fourth-order valence-corrected chi connectivity index (χ4v) is 2.02. The molecule has 0 aliphatic heterocycles. The summed E-state index contributed by atoms with van der Waals surface area (Å²) >= 11 is 10.6. The zero-order chi connectivity index (χ0) is 15.3. The predicted molar refractivity (Wildman–Crippen MR) is 77.1 cm³/mol. The molecule has 0 aliphatic carbocycles. The van der Waals surface area contributed by atoms with Gasteiger partial charge in [0.05, 0.1) is 17.9 Å². The fourth-order valence-electron chi connectivity index (χ4n) is 1.53.